The number of hydrogen-bond acceptors (Lipinski definition) is 6. The van der Waals surface area contributed by atoms with E-state index in [0.717, 1.165) is 28.3 Å². The van der Waals surface area contributed by atoms with E-state index in [1.165, 1.54) is 0 Å². The molecule has 3 aromatic rings. The molecule has 2 aliphatic heterocycles. The average molecular weight is 516 g/mol. The van der Waals surface area contributed by atoms with Crippen LogP contribution in [0.3, 0.4) is 0 Å². The van der Waals surface area contributed by atoms with Crippen LogP contribution in [0.2, 0.25) is 0 Å². The third-order valence-corrected chi connectivity index (χ3v) is 6.99. The molecule has 9 heteroatoms. The van der Waals surface area contributed by atoms with Crippen molar-refractivity contribution in [3.05, 3.63) is 53.2 Å². The normalized spacial score (nSPS) is 18.3. The van der Waals surface area contributed by atoms with Gasteiger partial charge in [-0.25, -0.2) is 4.98 Å². The van der Waals surface area contributed by atoms with Crippen molar-refractivity contribution in [2.45, 2.75) is 72.4 Å². The summed E-state index contributed by atoms with van der Waals surface area (Å²) in [5, 5.41) is 5.94. The van der Waals surface area contributed by atoms with Crippen molar-refractivity contribution in [3.8, 4) is 11.3 Å². The van der Waals surface area contributed by atoms with E-state index in [0.29, 0.717) is 11.3 Å². The van der Waals surface area contributed by atoms with E-state index in [1.807, 2.05) is 29.7 Å². The van der Waals surface area contributed by atoms with Crippen molar-refractivity contribution < 1.29 is 19.2 Å². The van der Waals surface area contributed by atoms with Crippen molar-refractivity contribution in [1.29, 1.82) is 0 Å². The quantitative estimate of drug-likeness (QED) is 0.489. The molecule has 1 saturated heterocycles. The lowest BCUT2D eigenvalue weighted by atomic mass is 9.82. The van der Waals surface area contributed by atoms with Crippen LogP contribution in [0.5, 0.6) is 0 Å². The van der Waals surface area contributed by atoms with E-state index in [2.05, 4.69) is 45.3 Å². The van der Waals surface area contributed by atoms with Crippen molar-refractivity contribution in [2.75, 3.05) is 5.32 Å². The van der Waals surface area contributed by atoms with Crippen molar-refractivity contribution in [1.82, 2.24) is 19.6 Å². The molecule has 9 nitrogen and oxygen atoms in total. The summed E-state index contributed by atoms with van der Waals surface area (Å²) >= 11 is 0. The van der Waals surface area contributed by atoms with Gasteiger partial charge in [0, 0.05) is 23.7 Å². The Morgan fingerprint density at radius 3 is 2.42 bits per heavy atom. The maximum absolute atomic E-state index is 13.4. The molecule has 0 aliphatic carbocycles. The second kappa shape index (κ2) is 8.79. The highest BCUT2D eigenvalue weighted by molar-refractivity contribution is 6.23. The number of aromatic nitrogens is 2. The summed E-state index contributed by atoms with van der Waals surface area (Å²) in [6.07, 6.45) is 3.05. The number of pyridine rings is 1. The summed E-state index contributed by atoms with van der Waals surface area (Å²) in [6.45, 7) is 12.9. The highest BCUT2D eigenvalue weighted by Crippen LogP contribution is 2.37. The number of anilines is 1. The Kier molecular flexibility index (Phi) is 5.93. The molecule has 5 rings (SSSR count). The van der Waals surface area contributed by atoms with Gasteiger partial charge in [-0.3, -0.25) is 33.8 Å². The van der Waals surface area contributed by atoms with Crippen LogP contribution in [-0.4, -0.2) is 49.5 Å². The lowest BCUT2D eigenvalue weighted by Crippen LogP contribution is -2.54. The Bertz CT molecular complexity index is 1510. The van der Waals surface area contributed by atoms with E-state index in [4.69, 9.17) is 4.98 Å². The molecule has 1 fully saturated rings. The van der Waals surface area contributed by atoms with Gasteiger partial charge in [-0.05, 0) is 62.8 Å². The number of aryl methyl sites for hydroxylation is 1. The monoisotopic (exact) mass is 515 g/mol. The minimum atomic E-state index is -1.00. The predicted molar refractivity (Wildman–Crippen MR) is 144 cm³/mol. The Labute approximate surface area is 221 Å². The van der Waals surface area contributed by atoms with Crippen LogP contribution >= 0.6 is 0 Å². The number of benzene rings is 1. The SMILES string of the molecule is Cc1cccn2c(NC(C)(C)CC(C)(C)C)c(-c3ccc4c(c3)C(=O)N(C3CCC(=O)NC3=O)C4=O)nc12. The summed E-state index contributed by atoms with van der Waals surface area (Å²) in [4.78, 5) is 56.5. The molecule has 0 radical (unpaired) electrons. The van der Waals surface area contributed by atoms with Gasteiger partial charge in [0.05, 0.1) is 11.1 Å². The maximum atomic E-state index is 13.4. The Hall–Kier alpha value is -4.01. The molecule has 2 N–H and O–H groups in total. The van der Waals surface area contributed by atoms with Crippen LogP contribution in [0.25, 0.3) is 16.9 Å². The van der Waals surface area contributed by atoms with Gasteiger partial charge in [0.2, 0.25) is 11.8 Å². The first kappa shape index (κ1) is 25.6. The molecule has 0 bridgehead atoms. The Balaban J connectivity index is 1.57. The number of imidazole rings is 1. The zero-order chi connectivity index (χ0) is 27.6. The largest absolute Gasteiger partial charge is 0.364 e. The lowest BCUT2D eigenvalue weighted by Gasteiger charge is -2.34. The van der Waals surface area contributed by atoms with Crippen LogP contribution < -0.4 is 10.6 Å². The van der Waals surface area contributed by atoms with E-state index in [-0.39, 0.29) is 34.9 Å². The molecule has 38 heavy (non-hydrogen) atoms. The van der Waals surface area contributed by atoms with Gasteiger partial charge in [0.1, 0.15) is 23.2 Å². The molecule has 1 atom stereocenters. The Morgan fingerprint density at radius 2 is 1.74 bits per heavy atom. The number of carbonyl (C=O) groups is 4. The summed E-state index contributed by atoms with van der Waals surface area (Å²) in [6, 6.07) is 8.06. The number of fused-ring (bicyclic) bond motifs is 2. The summed E-state index contributed by atoms with van der Waals surface area (Å²) < 4.78 is 2.02. The molecule has 1 unspecified atom stereocenters. The van der Waals surface area contributed by atoms with Gasteiger partial charge < -0.3 is 5.32 Å². The highest BCUT2D eigenvalue weighted by Gasteiger charge is 2.44. The summed E-state index contributed by atoms with van der Waals surface area (Å²) in [7, 11) is 0. The predicted octanol–water partition coefficient (Wildman–Crippen LogP) is 4.34. The Morgan fingerprint density at radius 1 is 1.03 bits per heavy atom. The smallest absolute Gasteiger partial charge is 0.262 e. The topological polar surface area (TPSA) is 113 Å². The molecule has 198 valence electrons. The first-order chi connectivity index (χ1) is 17.8. The van der Waals surface area contributed by atoms with Gasteiger partial charge in [-0.15, -0.1) is 0 Å². The number of amides is 4. The summed E-state index contributed by atoms with van der Waals surface area (Å²) in [5.41, 5.74) is 3.45. The average Bonchev–Trinajstić information content (AvgIpc) is 3.28. The fourth-order valence-electron chi connectivity index (χ4n) is 5.83. The number of nitrogens with zero attached hydrogens (tertiary/aromatic N) is 3. The summed E-state index contributed by atoms with van der Waals surface area (Å²) in [5.74, 6) is -1.29. The van der Waals surface area contributed by atoms with Crippen molar-refractivity contribution >= 4 is 35.1 Å². The minimum Gasteiger partial charge on any atom is -0.364 e. The van der Waals surface area contributed by atoms with Crippen LogP contribution in [-0.2, 0) is 9.59 Å². The first-order valence-electron chi connectivity index (χ1n) is 12.9. The number of rotatable bonds is 5. The number of imide groups is 2. The van der Waals surface area contributed by atoms with Gasteiger partial charge in [0.25, 0.3) is 11.8 Å². The molecular weight excluding hydrogens is 482 g/mol. The highest BCUT2D eigenvalue weighted by atomic mass is 16.2. The third-order valence-electron chi connectivity index (χ3n) is 6.99. The lowest BCUT2D eigenvalue weighted by molar-refractivity contribution is -0.136. The molecule has 1 aromatic carbocycles. The minimum absolute atomic E-state index is 0.0784. The van der Waals surface area contributed by atoms with Crippen LogP contribution in [0, 0.1) is 12.3 Å². The van der Waals surface area contributed by atoms with Gasteiger partial charge in [0.15, 0.2) is 0 Å². The zero-order valence-corrected chi connectivity index (χ0v) is 22.6. The number of carbonyl (C=O) groups excluding carboxylic acids is 4. The number of nitrogens with one attached hydrogen (secondary N) is 2. The van der Waals surface area contributed by atoms with E-state index >= 15 is 0 Å². The fourth-order valence-corrected chi connectivity index (χ4v) is 5.83. The molecule has 2 aromatic heterocycles. The number of hydrogen-bond donors (Lipinski definition) is 2. The van der Waals surface area contributed by atoms with E-state index < -0.39 is 29.7 Å². The van der Waals surface area contributed by atoms with Crippen molar-refractivity contribution in [3.63, 3.8) is 0 Å². The van der Waals surface area contributed by atoms with E-state index in [9.17, 15) is 19.2 Å². The van der Waals surface area contributed by atoms with Crippen LogP contribution in [0.4, 0.5) is 5.82 Å². The third kappa shape index (κ3) is 4.46. The second-order valence-corrected chi connectivity index (χ2v) is 12.1. The van der Waals surface area contributed by atoms with Gasteiger partial charge in [-0.2, -0.15) is 0 Å². The van der Waals surface area contributed by atoms with Crippen LogP contribution in [0.15, 0.2) is 36.5 Å². The fraction of sp³-hybridized carbons (Fsp3) is 0.414. The van der Waals surface area contributed by atoms with Gasteiger partial charge in [-0.1, -0.05) is 32.9 Å². The van der Waals surface area contributed by atoms with Crippen LogP contribution in [0.1, 0.15) is 80.2 Å². The molecule has 4 heterocycles. The molecular formula is C29H33N5O4. The van der Waals surface area contributed by atoms with Crippen molar-refractivity contribution in [2.24, 2.45) is 5.41 Å². The standard InChI is InChI=1S/C29H33N5O4/c1-16-8-7-13-33-23(16)31-22(24(33)32-29(5,6)15-28(2,3)4)17-9-10-18-19(14-17)27(38)34(26(18)37)20-11-12-21(35)30-25(20)36/h7-10,13-14,20,32H,11-12,15H2,1-6H3,(H,30,35,36). The van der Waals surface area contributed by atoms with E-state index in [1.54, 1.807) is 18.2 Å². The molecule has 0 saturated carbocycles. The maximum Gasteiger partial charge on any atom is 0.262 e. The molecule has 0 spiro atoms. The first-order valence-corrected chi connectivity index (χ1v) is 12.9. The number of piperidine rings is 1. The van der Waals surface area contributed by atoms with Gasteiger partial charge >= 0.3 is 0 Å². The molecule has 2 aliphatic rings. The second-order valence-electron chi connectivity index (χ2n) is 12.1. The zero-order valence-electron chi connectivity index (χ0n) is 22.6. The molecule has 4 amide bonds.